The van der Waals surface area contributed by atoms with E-state index in [0.717, 1.165) is 0 Å². The Morgan fingerprint density at radius 1 is 1.35 bits per heavy atom. The number of rotatable bonds is 7. The number of carbonyl (C=O) groups excluding carboxylic acids is 2. The summed E-state index contributed by atoms with van der Waals surface area (Å²) >= 11 is 11.7. The fourth-order valence-corrected chi connectivity index (χ4v) is 2.31. The van der Waals surface area contributed by atoms with Crippen LogP contribution >= 0.6 is 23.2 Å². The van der Waals surface area contributed by atoms with Crippen molar-refractivity contribution in [2.75, 3.05) is 25.5 Å². The molecule has 7 heteroatoms. The van der Waals surface area contributed by atoms with Gasteiger partial charge in [-0.2, -0.15) is 0 Å². The van der Waals surface area contributed by atoms with Crippen LogP contribution in [0.4, 0.5) is 5.69 Å². The molecule has 0 aromatic heterocycles. The number of hydrogen-bond donors (Lipinski definition) is 1. The van der Waals surface area contributed by atoms with E-state index in [0.29, 0.717) is 28.3 Å². The topological polar surface area (TPSA) is 58.6 Å². The number of anilines is 1. The molecule has 1 fully saturated rings. The van der Waals surface area contributed by atoms with Crippen molar-refractivity contribution in [2.45, 2.75) is 25.9 Å². The molecule has 1 aromatic carbocycles. The van der Waals surface area contributed by atoms with Crippen molar-refractivity contribution in [3.63, 3.8) is 0 Å². The lowest BCUT2D eigenvalue weighted by Crippen LogP contribution is -2.41. The minimum Gasteiger partial charge on any atom is -0.368 e. The van der Waals surface area contributed by atoms with Crippen molar-refractivity contribution in [3.05, 3.63) is 28.2 Å². The van der Waals surface area contributed by atoms with E-state index in [1.807, 2.05) is 0 Å². The Bertz CT molecular complexity index is 591. The zero-order valence-corrected chi connectivity index (χ0v) is 14.7. The van der Waals surface area contributed by atoms with E-state index < -0.39 is 6.10 Å². The van der Waals surface area contributed by atoms with Crippen LogP contribution in [0.3, 0.4) is 0 Å². The molecular weight excluding hydrogens is 339 g/mol. The van der Waals surface area contributed by atoms with Gasteiger partial charge in [-0.05, 0) is 43.9 Å². The minimum absolute atomic E-state index is 0.0593. The molecule has 1 aliphatic rings. The molecule has 0 saturated heterocycles. The van der Waals surface area contributed by atoms with E-state index in [-0.39, 0.29) is 18.4 Å². The highest BCUT2D eigenvalue weighted by atomic mass is 35.5. The van der Waals surface area contributed by atoms with Crippen LogP contribution in [0, 0.1) is 5.92 Å². The maximum absolute atomic E-state index is 12.1. The van der Waals surface area contributed by atoms with Crippen LogP contribution in [-0.4, -0.2) is 43.0 Å². The lowest BCUT2D eigenvalue weighted by molar-refractivity contribution is -0.143. The molecule has 1 unspecified atom stereocenters. The number of ether oxygens (including phenoxy) is 1. The molecule has 5 nitrogen and oxygen atoms in total. The van der Waals surface area contributed by atoms with Gasteiger partial charge in [0.1, 0.15) is 6.10 Å². The number of carbonyl (C=O) groups is 2. The second kappa shape index (κ2) is 7.99. The quantitative estimate of drug-likeness (QED) is 0.813. The largest absolute Gasteiger partial charge is 0.368 e. The molecule has 0 heterocycles. The summed E-state index contributed by atoms with van der Waals surface area (Å²) < 4.78 is 5.52. The van der Waals surface area contributed by atoms with Gasteiger partial charge in [0.05, 0.1) is 23.2 Å². The molecule has 1 aromatic rings. The lowest BCUT2D eigenvalue weighted by Gasteiger charge is -2.21. The second-order valence-corrected chi connectivity index (χ2v) is 6.60. The lowest BCUT2D eigenvalue weighted by atomic mass is 10.3. The van der Waals surface area contributed by atoms with E-state index in [1.54, 1.807) is 32.2 Å². The smallest absolute Gasteiger partial charge is 0.251 e. The molecule has 0 bridgehead atoms. The highest BCUT2D eigenvalue weighted by molar-refractivity contribution is 6.42. The molecule has 0 aliphatic heterocycles. The van der Waals surface area contributed by atoms with Gasteiger partial charge in [-0.25, -0.2) is 0 Å². The summed E-state index contributed by atoms with van der Waals surface area (Å²) in [6.45, 7) is 2.25. The summed E-state index contributed by atoms with van der Waals surface area (Å²) in [6, 6.07) is 4.81. The molecule has 0 radical (unpaired) electrons. The zero-order valence-electron chi connectivity index (χ0n) is 13.1. The summed E-state index contributed by atoms with van der Waals surface area (Å²) in [5.41, 5.74) is 0.531. The van der Waals surface area contributed by atoms with Crippen LogP contribution in [-0.2, 0) is 14.3 Å². The highest BCUT2D eigenvalue weighted by Crippen LogP contribution is 2.29. The van der Waals surface area contributed by atoms with Gasteiger partial charge in [0.15, 0.2) is 0 Å². The molecule has 2 rings (SSSR count). The van der Waals surface area contributed by atoms with E-state index in [4.69, 9.17) is 27.9 Å². The maximum Gasteiger partial charge on any atom is 0.251 e. The molecule has 1 saturated carbocycles. The van der Waals surface area contributed by atoms with Crippen molar-refractivity contribution in [2.24, 2.45) is 5.92 Å². The van der Waals surface area contributed by atoms with Gasteiger partial charge in [-0.15, -0.1) is 0 Å². The Labute approximate surface area is 145 Å². The normalized spacial score (nSPS) is 15.1. The molecule has 1 N–H and O–H groups in total. The van der Waals surface area contributed by atoms with Gasteiger partial charge in [0.2, 0.25) is 5.91 Å². The molecule has 2 amide bonds. The maximum atomic E-state index is 12.1. The van der Waals surface area contributed by atoms with Crippen LogP contribution in [0.2, 0.25) is 10.0 Å². The Kier molecular flexibility index (Phi) is 6.27. The summed E-state index contributed by atoms with van der Waals surface area (Å²) in [5, 5.41) is 3.45. The third-order valence-corrected chi connectivity index (χ3v) is 4.33. The van der Waals surface area contributed by atoms with Crippen LogP contribution in [0.1, 0.15) is 19.8 Å². The van der Waals surface area contributed by atoms with Gasteiger partial charge in [0.25, 0.3) is 5.91 Å². The molecule has 23 heavy (non-hydrogen) atoms. The Morgan fingerprint density at radius 3 is 2.65 bits per heavy atom. The first kappa shape index (κ1) is 18.0. The van der Waals surface area contributed by atoms with Gasteiger partial charge in [-0.3, -0.25) is 9.59 Å². The summed E-state index contributed by atoms with van der Waals surface area (Å²) in [5.74, 6) is 0.0667. The number of likely N-dealkylation sites (N-methyl/N-ethyl adjacent to an activating group) is 1. The van der Waals surface area contributed by atoms with Crippen molar-refractivity contribution in [1.29, 1.82) is 0 Å². The predicted octanol–water partition coefficient (Wildman–Crippen LogP) is 3.21. The van der Waals surface area contributed by atoms with Crippen molar-refractivity contribution >= 4 is 40.7 Å². The fourth-order valence-electron chi connectivity index (χ4n) is 2.01. The minimum atomic E-state index is -0.543. The molecule has 1 aliphatic carbocycles. The number of amides is 2. The molecule has 126 valence electrons. The third-order valence-electron chi connectivity index (χ3n) is 3.59. The summed E-state index contributed by atoms with van der Waals surface area (Å²) in [4.78, 5) is 25.5. The van der Waals surface area contributed by atoms with Crippen molar-refractivity contribution in [3.8, 4) is 0 Å². The summed E-state index contributed by atoms with van der Waals surface area (Å²) in [6.07, 6.45) is 1.80. The van der Waals surface area contributed by atoms with E-state index in [9.17, 15) is 9.59 Å². The standard InChI is InChI=1S/C16H20Cl2N2O3/c1-10(23-9-11-3-4-11)16(22)20(2)8-15(21)19-12-5-6-13(17)14(18)7-12/h5-7,10-11H,3-4,8-9H2,1-2H3,(H,19,21). The first-order valence-electron chi connectivity index (χ1n) is 7.48. The van der Waals surface area contributed by atoms with Gasteiger partial charge in [0, 0.05) is 12.7 Å². The monoisotopic (exact) mass is 358 g/mol. The average Bonchev–Trinajstić information content (AvgIpc) is 3.31. The van der Waals surface area contributed by atoms with E-state index >= 15 is 0 Å². The third kappa shape index (κ3) is 5.68. The molecule has 0 spiro atoms. The zero-order chi connectivity index (χ0) is 17.0. The van der Waals surface area contributed by atoms with Crippen LogP contribution in [0.5, 0.6) is 0 Å². The Balaban J connectivity index is 1.80. The first-order valence-corrected chi connectivity index (χ1v) is 8.24. The fraction of sp³-hybridized carbons (Fsp3) is 0.500. The van der Waals surface area contributed by atoms with Gasteiger partial charge < -0.3 is 15.0 Å². The predicted molar refractivity (Wildman–Crippen MR) is 90.9 cm³/mol. The second-order valence-electron chi connectivity index (χ2n) is 5.79. The van der Waals surface area contributed by atoms with Crippen LogP contribution < -0.4 is 5.32 Å². The Morgan fingerprint density at radius 2 is 2.04 bits per heavy atom. The van der Waals surface area contributed by atoms with Gasteiger partial charge in [-0.1, -0.05) is 23.2 Å². The molecule has 1 atom stereocenters. The average molecular weight is 359 g/mol. The first-order chi connectivity index (χ1) is 10.9. The molecular formula is C16H20Cl2N2O3. The number of benzene rings is 1. The SMILES string of the molecule is CC(OCC1CC1)C(=O)N(C)CC(=O)Nc1ccc(Cl)c(Cl)c1. The van der Waals surface area contributed by atoms with Crippen molar-refractivity contribution in [1.82, 2.24) is 4.90 Å². The van der Waals surface area contributed by atoms with E-state index in [1.165, 1.54) is 17.7 Å². The number of nitrogens with one attached hydrogen (secondary N) is 1. The van der Waals surface area contributed by atoms with Crippen LogP contribution in [0.25, 0.3) is 0 Å². The number of nitrogens with zero attached hydrogens (tertiary/aromatic N) is 1. The highest BCUT2D eigenvalue weighted by Gasteiger charge is 2.25. The summed E-state index contributed by atoms with van der Waals surface area (Å²) in [7, 11) is 1.58. The van der Waals surface area contributed by atoms with E-state index in [2.05, 4.69) is 5.32 Å². The Hall–Kier alpha value is -1.30. The van der Waals surface area contributed by atoms with Crippen molar-refractivity contribution < 1.29 is 14.3 Å². The number of hydrogen-bond acceptors (Lipinski definition) is 3. The number of halogens is 2. The van der Waals surface area contributed by atoms with Gasteiger partial charge >= 0.3 is 0 Å². The van der Waals surface area contributed by atoms with Crippen LogP contribution in [0.15, 0.2) is 18.2 Å².